The number of rotatable bonds is 1. The van der Waals surface area contributed by atoms with Crippen LogP contribution < -0.4 is 0 Å². The molecule has 0 aromatic rings. The maximum atomic E-state index is 9.32. The zero-order chi connectivity index (χ0) is 9.30. The van der Waals surface area contributed by atoms with E-state index in [2.05, 4.69) is 0 Å². The zero-order valence-corrected chi connectivity index (χ0v) is 6.79. The fraction of sp³-hybridized carbons (Fsp3) is 1.00. The van der Waals surface area contributed by atoms with Crippen LogP contribution in [-0.2, 0) is 4.74 Å². The maximum Gasteiger partial charge on any atom is 0.183 e. The Labute approximate surface area is 70.2 Å². The van der Waals surface area contributed by atoms with Crippen molar-refractivity contribution >= 4 is 0 Å². The molecule has 0 saturated carbocycles. The lowest BCUT2D eigenvalue weighted by molar-refractivity contribution is -0.271. The van der Waals surface area contributed by atoms with Crippen LogP contribution >= 0.6 is 0 Å². The predicted molar refractivity (Wildman–Crippen MR) is 39.1 cm³/mol. The van der Waals surface area contributed by atoms with Crippen molar-refractivity contribution in [1.82, 2.24) is 0 Å². The van der Waals surface area contributed by atoms with Gasteiger partial charge in [0.15, 0.2) is 6.29 Å². The highest BCUT2D eigenvalue weighted by Gasteiger charge is 2.40. The van der Waals surface area contributed by atoms with E-state index in [0.717, 1.165) is 0 Å². The topological polar surface area (TPSA) is 90.2 Å². The first-order chi connectivity index (χ1) is 5.57. The Balaban J connectivity index is 2.63. The Morgan fingerprint density at radius 2 is 1.75 bits per heavy atom. The molecule has 72 valence electrons. The Bertz CT molecular complexity index is 146. The molecule has 0 bridgehead atoms. The number of hydrogen-bond acceptors (Lipinski definition) is 5. The highest BCUT2D eigenvalue weighted by Crippen LogP contribution is 2.24. The molecule has 4 N–H and O–H groups in total. The van der Waals surface area contributed by atoms with Crippen molar-refractivity contribution < 1.29 is 25.2 Å². The van der Waals surface area contributed by atoms with Gasteiger partial charge in [-0.3, -0.25) is 0 Å². The maximum absolute atomic E-state index is 9.32. The van der Waals surface area contributed by atoms with Crippen LogP contribution in [0.25, 0.3) is 0 Å². The van der Waals surface area contributed by atoms with Crippen LogP contribution in [0.3, 0.4) is 0 Å². The summed E-state index contributed by atoms with van der Waals surface area (Å²) in [5.41, 5.74) is 0. The highest BCUT2D eigenvalue weighted by atomic mass is 16.6. The van der Waals surface area contributed by atoms with Gasteiger partial charge in [-0.1, -0.05) is 6.92 Å². The van der Waals surface area contributed by atoms with Crippen molar-refractivity contribution in [3.63, 3.8) is 0 Å². The minimum atomic E-state index is -1.41. The van der Waals surface area contributed by atoms with Crippen molar-refractivity contribution in [2.24, 2.45) is 5.92 Å². The Morgan fingerprint density at radius 3 is 2.25 bits per heavy atom. The van der Waals surface area contributed by atoms with Crippen LogP contribution in [0.15, 0.2) is 0 Å². The van der Waals surface area contributed by atoms with Crippen LogP contribution in [0, 0.1) is 5.92 Å². The normalized spacial score (nSPS) is 49.2. The Kier molecular flexibility index (Phi) is 3.03. The number of aliphatic hydroxyl groups is 4. The summed E-state index contributed by atoms with van der Waals surface area (Å²) in [6.45, 7) is 1.36. The predicted octanol–water partition coefficient (Wildman–Crippen LogP) is -1.95. The van der Waals surface area contributed by atoms with E-state index in [-0.39, 0.29) is 12.5 Å². The molecule has 1 rings (SSSR count). The summed E-state index contributed by atoms with van der Waals surface area (Å²) >= 11 is 0. The fourth-order valence-electron chi connectivity index (χ4n) is 1.29. The summed E-state index contributed by atoms with van der Waals surface area (Å²) in [4.78, 5) is 0. The molecule has 5 nitrogen and oxygen atoms in total. The van der Waals surface area contributed by atoms with E-state index in [4.69, 9.17) is 20.1 Å². The fourth-order valence-corrected chi connectivity index (χ4v) is 1.29. The average molecular weight is 178 g/mol. The van der Waals surface area contributed by atoms with Gasteiger partial charge in [-0.2, -0.15) is 0 Å². The van der Waals surface area contributed by atoms with Crippen molar-refractivity contribution in [3.05, 3.63) is 0 Å². The van der Waals surface area contributed by atoms with Crippen molar-refractivity contribution in [2.45, 2.75) is 31.5 Å². The smallest absolute Gasteiger partial charge is 0.183 e. The lowest BCUT2D eigenvalue weighted by atomic mass is 9.91. The molecule has 0 spiro atoms. The van der Waals surface area contributed by atoms with Gasteiger partial charge in [-0.25, -0.2) is 0 Å². The molecule has 12 heavy (non-hydrogen) atoms. The molecule has 5 heteroatoms. The van der Waals surface area contributed by atoms with E-state index in [1.165, 1.54) is 0 Å². The molecule has 0 aromatic carbocycles. The van der Waals surface area contributed by atoms with Gasteiger partial charge in [0.2, 0.25) is 0 Å². The van der Waals surface area contributed by atoms with E-state index in [9.17, 15) is 5.11 Å². The second kappa shape index (κ2) is 3.68. The second-order valence-corrected chi connectivity index (χ2v) is 3.09. The van der Waals surface area contributed by atoms with E-state index < -0.39 is 24.6 Å². The molecule has 5 atom stereocenters. The standard InChI is InChI=1S/C7H14O5/c1-3-4(2-8)12-7(11)6(10)5(3)9/h3-11H,2H2,1H3/t3-,4?,5-,6?,7+/m0/s1. The molecular weight excluding hydrogens is 164 g/mol. The van der Waals surface area contributed by atoms with Crippen molar-refractivity contribution in [3.8, 4) is 0 Å². The lowest BCUT2D eigenvalue weighted by Crippen LogP contribution is -2.54. The summed E-state index contributed by atoms with van der Waals surface area (Å²) in [5.74, 6) is -0.381. The van der Waals surface area contributed by atoms with Gasteiger partial charge in [0, 0.05) is 5.92 Å². The van der Waals surface area contributed by atoms with Crippen LogP contribution in [0.4, 0.5) is 0 Å². The molecule has 1 fully saturated rings. The van der Waals surface area contributed by atoms with Gasteiger partial charge in [0.05, 0.1) is 18.8 Å². The Morgan fingerprint density at radius 1 is 1.17 bits per heavy atom. The highest BCUT2D eigenvalue weighted by molar-refractivity contribution is 4.85. The SMILES string of the molecule is C[C@H]1C(CO)O[C@@H](O)C(O)[C@H]1O. The molecule has 1 saturated heterocycles. The zero-order valence-electron chi connectivity index (χ0n) is 6.79. The van der Waals surface area contributed by atoms with Crippen molar-refractivity contribution in [1.29, 1.82) is 0 Å². The summed E-state index contributed by atoms with van der Waals surface area (Å²) in [6, 6.07) is 0. The molecule has 0 radical (unpaired) electrons. The number of hydrogen-bond donors (Lipinski definition) is 4. The largest absolute Gasteiger partial charge is 0.394 e. The molecular formula is C7H14O5. The first-order valence-electron chi connectivity index (χ1n) is 3.88. The minimum absolute atomic E-state index is 0.276. The third kappa shape index (κ3) is 1.60. The van der Waals surface area contributed by atoms with E-state index in [1.54, 1.807) is 6.92 Å². The Hall–Kier alpha value is -0.200. The lowest BCUT2D eigenvalue weighted by Gasteiger charge is -2.38. The van der Waals surface area contributed by atoms with Gasteiger partial charge in [-0.05, 0) is 0 Å². The van der Waals surface area contributed by atoms with E-state index in [0.29, 0.717) is 0 Å². The van der Waals surface area contributed by atoms with E-state index >= 15 is 0 Å². The third-order valence-corrected chi connectivity index (χ3v) is 2.26. The molecule has 0 aromatic heterocycles. The van der Waals surface area contributed by atoms with Crippen LogP contribution in [-0.4, -0.2) is 51.6 Å². The summed E-state index contributed by atoms with van der Waals surface area (Å²) < 4.78 is 4.83. The average Bonchev–Trinajstić information content (AvgIpc) is 2.08. The minimum Gasteiger partial charge on any atom is -0.394 e. The number of ether oxygens (including phenoxy) is 1. The van der Waals surface area contributed by atoms with Gasteiger partial charge in [0.25, 0.3) is 0 Å². The van der Waals surface area contributed by atoms with Crippen molar-refractivity contribution in [2.75, 3.05) is 6.61 Å². The van der Waals surface area contributed by atoms with Gasteiger partial charge in [-0.15, -0.1) is 0 Å². The second-order valence-electron chi connectivity index (χ2n) is 3.09. The van der Waals surface area contributed by atoms with Gasteiger partial charge < -0.3 is 25.2 Å². The first-order valence-corrected chi connectivity index (χ1v) is 3.88. The number of aliphatic hydroxyl groups excluding tert-OH is 4. The van der Waals surface area contributed by atoms with Gasteiger partial charge in [0.1, 0.15) is 6.10 Å². The quantitative estimate of drug-likeness (QED) is 0.375. The van der Waals surface area contributed by atoms with E-state index in [1.807, 2.05) is 0 Å². The molecule has 1 aliphatic rings. The first kappa shape index (κ1) is 9.88. The molecule has 2 unspecified atom stereocenters. The third-order valence-electron chi connectivity index (χ3n) is 2.26. The monoisotopic (exact) mass is 178 g/mol. The van der Waals surface area contributed by atoms with Crippen LogP contribution in [0.5, 0.6) is 0 Å². The molecule has 1 heterocycles. The molecule has 0 aliphatic carbocycles. The summed E-state index contributed by atoms with van der Waals surface area (Å²) in [7, 11) is 0. The molecule has 1 aliphatic heterocycles. The van der Waals surface area contributed by atoms with Crippen LogP contribution in [0.2, 0.25) is 0 Å². The summed E-state index contributed by atoms with van der Waals surface area (Å²) in [6.07, 6.45) is -4.36. The van der Waals surface area contributed by atoms with Gasteiger partial charge >= 0.3 is 0 Å². The molecule has 0 amide bonds. The van der Waals surface area contributed by atoms with Crippen LogP contribution in [0.1, 0.15) is 6.92 Å². The summed E-state index contributed by atoms with van der Waals surface area (Å²) in [5, 5.41) is 36.2.